The highest BCUT2D eigenvalue weighted by Crippen LogP contribution is 2.02. The molecular weight excluding hydrogens is 336 g/mol. The van der Waals surface area contributed by atoms with Gasteiger partial charge in [0.05, 0.1) is 0 Å². The van der Waals surface area contributed by atoms with Crippen molar-refractivity contribution < 1.29 is 39.3 Å². The molecule has 0 aliphatic rings. The van der Waals surface area contributed by atoms with Crippen molar-refractivity contribution in [3.63, 3.8) is 0 Å². The van der Waals surface area contributed by atoms with Gasteiger partial charge in [-0.1, -0.05) is 20.3 Å². The minimum absolute atomic E-state index is 0. The molecule has 0 saturated carbocycles. The molecule has 25 heavy (non-hydrogen) atoms. The molecule has 0 aliphatic heterocycles. The number of hydrogen-bond donors (Lipinski definition) is 5. The van der Waals surface area contributed by atoms with Gasteiger partial charge in [0.2, 0.25) is 0 Å². The number of unbranched alkanes of at least 4 members (excludes halogenated alkanes) is 3. The van der Waals surface area contributed by atoms with E-state index in [0.717, 1.165) is 19.3 Å². The van der Waals surface area contributed by atoms with Crippen LogP contribution >= 0.6 is 0 Å². The van der Waals surface area contributed by atoms with E-state index in [1.807, 2.05) is 0 Å². The average Bonchev–Trinajstić information content (AvgIpc) is 2.49. The third-order valence-corrected chi connectivity index (χ3v) is 2.57. The van der Waals surface area contributed by atoms with Gasteiger partial charge in [0.15, 0.2) is 0 Å². The lowest BCUT2D eigenvalue weighted by atomic mass is 10.1. The predicted octanol–water partition coefficient (Wildman–Crippen LogP) is 0.686. The number of carboxylic acids is 3. The molecule has 0 aliphatic carbocycles. The third-order valence-electron chi connectivity index (χ3n) is 2.57. The summed E-state index contributed by atoms with van der Waals surface area (Å²) in [7, 11) is 0. The van der Waals surface area contributed by atoms with E-state index >= 15 is 0 Å². The first kappa shape index (κ1) is 30.6. The highest BCUT2D eigenvalue weighted by molar-refractivity contribution is 5.73. The standard InChI is InChI=1S/C7H13NO4.C6H13NO2.CO2.CH4/c8-5(7(11)12)3-1-2-4-6(9)10;7-5-3-1-2-4-6(8)9;2-1-3;/h5H,1-4,8H2,(H,9,10)(H,11,12);1-5,7H2,(H,8,9);;1H4. The van der Waals surface area contributed by atoms with Gasteiger partial charge in [0, 0.05) is 12.8 Å². The number of carbonyl (C=O) groups is 3. The molecule has 0 bridgehead atoms. The first-order valence-electron chi connectivity index (χ1n) is 7.34. The van der Waals surface area contributed by atoms with Crippen molar-refractivity contribution in [1.29, 1.82) is 0 Å². The van der Waals surface area contributed by atoms with Gasteiger partial charge >= 0.3 is 24.1 Å². The lowest BCUT2D eigenvalue weighted by Gasteiger charge is -2.03. The fourth-order valence-corrected chi connectivity index (χ4v) is 1.36. The van der Waals surface area contributed by atoms with E-state index in [1.165, 1.54) is 0 Å². The van der Waals surface area contributed by atoms with Crippen LogP contribution in [0.3, 0.4) is 0 Å². The molecule has 1 unspecified atom stereocenters. The molecule has 7 N–H and O–H groups in total. The summed E-state index contributed by atoms with van der Waals surface area (Å²) in [4.78, 5) is 46.4. The fraction of sp³-hybridized carbons (Fsp3) is 0.733. The maximum atomic E-state index is 10.2. The summed E-state index contributed by atoms with van der Waals surface area (Å²) in [6, 6.07) is -0.862. The van der Waals surface area contributed by atoms with Gasteiger partial charge in [0.1, 0.15) is 6.04 Å². The molecule has 0 rings (SSSR count). The highest BCUT2D eigenvalue weighted by atomic mass is 16.4. The molecule has 0 fully saturated rings. The summed E-state index contributed by atoms with van der Waals surface area (Å²) in [5, 5.41) is 24.8. The maximum absolute atomic E-state index is 10.2. The molecule has 0 radical (unpaired) electrons. The summed E-state index contributed by atoms with van der Waals surface area (Å²) < 4.78 is 0. The zero-order valence-corrected chi connectivity index (χ0v) is 13.5. The summed E-state index contributed by atoms with van der Waals surface area (Å²) in [5.41, 5.74) is 10.4. The van der Waals surface area contributed by atoms with E-state index in [2.05, 4.69) is 0 Å². The lowest BCUT2D eigenvalue weighted by Crippen LogP contribution is -2.29. The summed E-state index contributed by atoms with van der Waals surface area (Å²) in [6.07, 6.45) is 4.59. The van der Waals surface area contributed by atoms with Crippen LogP contribution in [-0.4, -0.2) is 52.0 Å². The first-order valence-corrected chi connectivity index (χ1v) is 7.34. The van der Waals surface area contributed by atoms with E-state index in [-0.39, 0.29) is 26.4 Å². The SMILES string of the molecule is C.NC(CCCCC(=O)O)C(=O)O.NCCCCCC(=O)O.O=C=O. The van der Waals surface area contributed by atoms with Gasteiger partial charge < -0.3 is 26.8 Å². The molecule has 0 aromatic rings. The quantitative estimate of drug-likeness (QED) is 0.324. The van der Waals surface area contributed by atoms with Crippen LogP contribution < -0.4 is 11.5 Å². The van der Waals surface area contributed by atoms with Crippen LogP contribution in [0.1, 0.15) is 58.8 Å². The van der Waals surface area contributed by atoms with Crippen molar-refractivity contribution in [2.24, 2.45) is 11.5 Å². The Kier molecular flexibility index (Phi) is 29.3. The number of carbonyl (C=O) groups excluding carboxylic acids is 2. The van der Waals surface area contributed by atoms with Crippen LogP contribution in [0.4, 0.5) is 0 Å². The molecule has 0 spiro atoms. The van der Waals surface area contributed by atoms with Gasteiger partial charge in [-0.05, 0) is 32.2 Å². The van der Waals surface area contributed by atoms with Crippen molar-refractivity contribution in [2.45, 2.75) is 64.8 Å². The van der Waals surface area contributed by atoms with Crippen LogP contribution in [0.2, 0.25) is 0 Å². The zero-order chi connectivity index (χ0) is 19.4. The van der Waals surface area contributed by atoms with Gasteiger partial charge in [-0.25, -0.2) is 0 Å². The van der Waals surface area contributed by atoms with Crippen LogP contribution in [0.15, 0.2) is 0 Å². The number of hydrogen-bond acceptors (Lipinski definition) is 7. The normalized spacial score (nSPS) is 9.68. The van der Waals surface area contributed by atoms with Crippen LogP contribution in [0.5, 0.6) is 0 Å². The predicted molar refractivity (Wildman–Crippen MR) is 88.6 cm³/mol. The summed E-state index contributed by atoms with van der Waals surface area (Å²) >= 11 is 0. The lowest BCUT2D eigenvalue weighted by molar-refractivity contribution is -0.191. The summed E-state index contributed by atoms with van der Waals surface area (Å²) in [5.74, 6) is -2.61. The largest absolute Gasteiger partial charge is 0.481 e. The zero-order valence-electron chi connectivity index (χ0n) is 13.5. The van der Waals surface area contributed by atoms with Crippen LogP contribution in [0.25, 0.3) is 0 Å². The first-order chi connectivity index (χ1) is 11.2. The van der Waals surface area contributed by atoms with Gasteiger partial charge in [-0.3, -0.25) is 14.4 Å². The molecule has 0 amide bonds. The Bertz CT molecular complexity index is 382. The Morgan fingerprint density at radius 2 is 1.24 bits per heavy atom. The second kappa shape index (κ2) is 24.0. The van der Waals surface area contributed by atoms with Crippen molar-refractivity contribution in [2.75, 3.05) is 6.54 Å². The Morgan fingerprint density at radius 1 is 0.840 bits per heavy atom. The molecule has 0 aromatic carbocycles. The third kappa shape index (κ3) is 39.0. The number of rotatable bonds is 11. The van der Waals surface area contributed by atoms with Gasteiger partial charge in [-0.2, -0.15) is 9.59 Å². The minimum Gasteiger partial charge on any atom is -0.481 e. The maximum Gasteiger partial charge on any atom is 0.373 e. The molecule has 10 heteroatoms. The Hall–Kier alpha value is -2.29. The van der Waals surface area contributed by atoms with Crippen molar-refractivity contribution in [1.82, 2.24) is 0 Å². The molecule has 0 saturated heterocycles. The molecule has 10 nitrogen and oxygen atoms in total. The summed E-state index contributed by atoms with van der Waals surface area (Å²) in [6.45, 7) is 0.666. The van der Waals surface area contributed by atoms with Crippen molar-refractivity contribution in [3.05, 3.63) is 0 Å². The molecule has 0 heterocycles. The second-order valence-electron chi connectivity index (χ2n) is 4.66. The van der Waals surface area contributed by atoms with E-state index in [4.69, 9.17) is 36.4 Å². The van der Waals surface area contributed by atoms with E-state index in [9.17, 15) is 14.4 Å². The molecule has 0 aromatic heterocycles. The minimum atomic E-state index is -1.04. The number of carboxylic acid groups (broad SMARTS) is 3. The number of aliphatic carboxylic acids is 3. The van der Waals surface area contributed by atoms with E-state index in [0.29, 0.717) is 25.8 Å². The Balaban J connectivity index is -0.000000151. The van der Waals surface area contributed by atoms with Crippen molar-refractivity contribution >= 4 is 24.1 Å². The second-order valence-corrected chi connectivity index (χ2v) is 4.66. The Morgan fingerprint density at radius 3 is 1.56 bits per heavy atom. The smallest absolute Gasteiger partial charge is 0.373 e. The van der Waals surface area contributed by atoms with E-state index in [1.54, 1.807) is 0 Å². The topological polar surface area (TPSA) is 198 Å². The molecular formula is C15H30N2O8. The van der Waals surface area contributed by atoms with Crippen LogP contribution in [0, 0.1) is 0 Å². The van der Waals surface area contributed by atoms with Crippen LogP contribution in [-0.2, 0) is 24.0 Å². The van der Waals surface area contributed by atoms with Gasteiger partial charge in [-0.15, -0.1) is 0 Å². The monoisotopic (exact) mass is 366 g/mol. The molecule has 148 valence electrons. The van der Waals surface area contributed by atoms with E-state index < -0.39 is 23.9 Å². The molecule has 1 atom stereocenters. The van der Waals surface area contributed by atoms with Gasteiger partial charge in [0.25, 0.3) is 0 Å². The fourth-order valence-electron chi connectivity index (χ4n) is 1.36. The average molecular weight is 366 g/mol. The number of nitrogens with two attached hydrogens (primary N) is 2. The Labute approximate surface area is 147 Å². The van der Waals surface area contributed by atoms with Crippen molar-refractivity contribution in [3.8, 4) is 0 Å². The highest BCUT2D eigenvalue weighted by Gasteiger charge is 2.10.